The van der Waals surface area contributed by atoms with Gasteiger partial charge in [0.15, 0.2) is 0 Å². The molecular formula is C16H16FN3O3. The van der Waals surface area contributed by atoms with E-state index in [1.54, 1.807) is 18.2 Å². The quantitative estimate of drug-likeness (QED) is 0.640. The topological polar surface area (TPSA) is 68.5 Å². The van der Waals surface area contributed by atoms with E-state index in [0.717, 1.165) is 31.7 Å². The number of hydrogen-bond acceptors (Lipinski definition) is 5. The smallest absolute Gasteiger partial charge is 0.287 e. The Labute approximate surface area is 132 Å². The lowest BCUT2D eigenvalue weighted by Gasteiger charge is -2.32. The van der Waals surface area contributed by atoms with Gasteiger partial charge in [0.2, 0.25) is 0 Å². The molecule has 1 aromatic carbocycles. The molecule has 2 heterocycles. The van der Waals surface area contributed by atoms with Crippen LogP contribution in [0.15, 0.2) is 42.6 Å². The van der Waals surface area contributed by atoms with Crippen LogP contribution in [0.1, 0.15) is 12.8 Å². The van der Waals surface area contributed by atoms with Crippen LogP contribution in [0.5, 0.6) is 5.75 Å². The molecule has 0 N–H and O–H groups in total. The molecule has 1 saturated heterocycles. The van der Waals surface area contributed by atoms with E-state index in [4.69, 9.17) is 4.74 Å². The molecule has 0 bridgehead atoms. The molecule has 1 fully saturated rings. The van der Waals surface area contributed by atoms with E-state index in [-0.39, 0.29) is 17.6 Å². The standard InChI is InChI=1S/C16H16FN3O3/c17-12-1-4-14(5-2-12)23-15-7-9-19(10-8-15)16-6-3-13(11-18-16)20(21)22/h1-6,11,15H,7-10H2. The molecule has 1 aromatic heterocycles. The highest BCUT2D eigenvalue weighted by Crippen LogP contribution is 2.23. The van der Waals surface area contributed by atoms with Gasteiger partial charge in [-0.25, -0.2) is 9.37 Å². The van der Waals surface area contributed by atoms with Crippen molar-refractivity contribution in [2.45, 2.75) is 18.9 Å². The van der Waals surface area contributed by atoms with Crippen molar-refractivity contribution in [3.8, 4) is 5.75 Å². The molecule has 0 radical (unpaired) electrons. The van der Waals surface area contributed by atoms with E-state index in [1.165, 1.54) is 24.4 Å². The lowest BCUT2D eigenvalue weighted by Crippen LogP contribution is -2.38. The van der Waals surface area contributed by atoms with Crippen LogP contribution < -0.4 is 9.64 Å². The second kappa shape index (κ2) is 6.60. The van der Waals surface area contributed by atoms with Gasteiger partial charge >= 0.3 is 0 Å². The van der Waals surface area contributed by atoms with Crippen molar-refractivity contribution in [1.29, 1.82) is 0 Å². The summed E-state index contributed by atoms with van der Waals surface area (Å²) in [5.41, 5.74) is -0.0109. The van der Waals surface area contributed by atoms with Gasteiger partial charge in [-0.1, -0.05) is 0 Å². The number of pyridine rings is 1. The summed E-state index contributed by atoms with van der Waals surface area (Å²) in [6.07, 6.45) is 2.98. The van der Waals surface area contributed by atoms with Gasteiger partial charge in [0, 0.05) is 32.0 Å². The summed E-state index contributed by atoms with van der Waals surface area (Å²) in [5, 5.41) is 10.6. The number of nitrogens with zero attached hydrogens (tertiary/aromatic N) is 3. The molecule has 7 heteroatoms. The molecule has 6 nitrogen and oxygen atoms in total. The minimum atomic E-state index is -0.459. The first-order chi connectivity index (χ1) is 11.1. The van der Waals surface area contributed by atoms with Crippen LogP contribution in [0.3, 0.4) is 0 Å². The first-order valence-electron chi connectivity index (χ1n) is 7.39. The molecular weight excluding hydrogens is 301 g/mol. The maximum atomic E-state index is 12.9. The van der Waals surface area contributed by atoms with Gasteiger partial charge in [-0.05, 0) is 30.3 Å². The number of benzene rings is 1. The fraction of sp³-hybridized carbons (Fsp3) is 0.312. The summed E-state index contributed by atoms with van der Waals surface area (Å²) in [6, 6.07) is 9.14. The van der Waals surface area contributed by atoms with Gasteiger partial charge in [0.25, 0.3) is 5.69 Å². The Morgan fingerprint density at radius 1 is 1.17 bits per heavy atom. The average molecular weight is 317 g/mol. The molecule has 0 aliphatic carbocycles. The summed E-state index contributed by atoms with van der Waals surface area (Å²) in [6.45, 7) is 1.52. The van der Waals surface area contributed by atoms with Crippen LogP contribution in [-0.4, -0.2) is 29.1 Å². The molecule has 1 aliphatic rings. The Hall–Kier alpha value is -2.70. The molecule has 0 unspecified atom stereocenters. The van der Waals surface area contributed by atoms with Gasteiger partial charge in [-0.15, -0.1) is 0 Å². The number of piperidine rings is 1. The largest absolute Gasteiger partial charge is 0.490 e. The Balaban J connectivity index is 1.55. The van der Waals surface area contributed by atoms with Crippen LogP contribution in [0, 0.1) is 15.9 Å². The number of anilines is 1. The number of ether oxygens (including phenoxy) is 1. The zero-order valence-corrected chi connectivity index (χ0v) is 12.4. The monoisotopic (exact) mass is 317 g/mol. The van der Waals surface area contributed by atoms with Crippen molar-refractivity contribution < 1.29 is 14.1 Å². The predicted octanol–water partition coefficient (Wildman–Crippen LogP) is 3.18. The van der Waals surface area contributed by atoms with E-state index >= 15 is 0 Å². The summed E-state index contributed by atoms with van der Waals surface area (Å²) >= 11 is 0. The average Bonchev–Trinajstić information content (AvgIpc) is 2.58. The van der Waals surface area contributed by atoms with Crippen molar-refractivity contribution >= 4 is 11.5 Å². The normalized spacial score (nSPS) is 15.4. The molecule has 2 aromatic rings. The highest BCUT2D eigenvalue weighted by atomic mass is 19.1. The molecule has 3 rings (SSSR count). The highest BCUT2D eigenvalue weighted by molar-refractivity contribution is 5.43. The number of hydrogen-bond donors (Lipinski definition) is 0. The van der Waals surface area contributed by atoms with Crippen molar-refractivity contribution in [2.24, 2.45) is 0 Å². The van der Waals surface area contributed by atoms with E-state index in [1.807, 2.05) is 0 Å². The van der Waals surface area contributed by atoms with E-state index in [0.29, 0.717) is 5.75 Å². The lowest BCUT2D eigenvalue weighted by atomic mass is 10.1. The third kappa shape index (κ3) is 3.74. The predicted molar refractivity (Wildman–Crippen MR) is 83.2 cm³/mol. The van der Waals surface area contributed by atoms with Gasteiger partial charge in [0.05, 0.1) is 4.92 Å². The van der Waals surface area contributed by atoms with Crippen molar-refractivity contribution in [3.05, 3.63) is 58.5 Å². The minimum absolute atomic E-state index is 0.0109. The third-order valence-electron chi connectivity index (χ3n) is 3.83. The van der Waals surface area contributed by atoms with Crippen molar-refractivity contribution in [1.82, 2.24) is 4.98 Å². The number of aromatic nitrogens is 1. The first-order valence-corrected chi connectivity index (χ1v) is 7.39. The summed E-state index contributed by atoms with van der Waals surface area (Å²) in [7, 11) is 0. The Kier molecular flexibility index (Phi) is 4.36. The number of rotatable bonds is 4. The van der Waals surface area contributed by atoms with E-state index < -0.39 is 4.92 Å². The molecule has 1 aliphatic heterocycles. The minimum Gasteiger partial charge on any atom is -0.490 e. The zero-order chi connectivity index (χ0) is 16.2. The molecule has 0 spiro atoms. The lowest BCUT2D eigenvalue weighted by molar-refractivity contribution is -0.385. The first kappa shape index (κ1) is 15.2. The van der Waals surface area contributed by atoms with Gasteiger partial charge < -0.3 is 9.64 Å². The third-order valence-corrected chi connectivity index (χ3v) is 3.83. The van der Waals surface area contributed by atoms with Gasteiger partial charge in [0.1, 0.15) is 29.7 Å². The molecule has 23 heavy (non-hydrogen) atoms. The highest BCUT2D eigenvalue weighted by Gasteiger charge is 2.22. The van der Waals surface area contributed by atoms with Crippen LogP contribution >= 0.6 is 0 Å². The van der Waals surface area contributed by atoms with E-state index in [9.17, 15) is 14.5 Å². The summed E-state index contributed by atoms with van der Waals surface area (Å²) in [5.74, 6) is 1.12. The molecule has 120 valence electrons. The van der Waals surface area contributed by atoms with Crippen LogP contribution in [0.2, 0.25) is 0 Å². The maximum absolute atomic E-state index is 12.9. The fourth-order valence-electron chi connectivity index (χ4n) is 2.58. The molecule has 0 atom stereocenters. The van der Waals surface area contributed by atoms with Crippen molar-refractivity contribution in [2.75, 3.05) is 18.0 Å². The Bertz CT molecular complexity index is 668. The Morgan fingerprint density at radius 2 is 1.87 bits per heavy atom. The summed E-state index contributed by atoms with van der Waals surface area (Å²) in [4.78, 5) is 16.4. The summed E-state index contributed by atoms with van der Waals surface area (Å²) < 4.78 is 18.7. The number of nitro groups is 1. The second-order valence-electron chi connectivity index (χ2n) is 5.39. The number of halogens is 1. The SMILES string of the molecule is O=[N+]([O-])c1ccc(N2CCC(Oc3ccc(F)cc3)CC2)nc1. The van der Waals surface area contributed by atoms with Gasteiger partial charge in [-0.2, -0.15) is 0 Å². The van der Waals surface area contributed by atoms with Crippen LogP contribution in [0.25, 0.3) is 0 Å². The molecule has 0 saturated carbocycles. The fourth-order valence-corrected chi connectivity index (χ4v) is 2.58. The van der Waals surface area contributed by atoms with Gasteiger partial charge in [-0.3, -0.25) is 10.1 Å². The second-order valence-corrected chi connectivity index (χ2v) is 5.39. The molecule has 0 amide bonds. The van der Waals surface area contributed by atoms with Crippen LogP contribution in [-0.2, 0) is 0 Å². The Morgan fingerprint density at radius 3 is 2.43 bits per heavy atom. The van der Waals surface area contributed by atoms with Crippen LogP contribution in [0.4, 0.5) is 15.9 Å². The van der Waals surface area contributed by atoms with E-state index in [2.05, 4.69) is 9.88 Å². The zero-order valence-electron chi connectivity index (χ0n) is 12.4. The van der Waals surface area contributed by atoms with Crippen molar-refractivity contribution in [3.63, 3.8) is 0 Å². The maximum Gasteiger partial charge on any atom is 0.287 e.